The average Bonchev–Trinajstić information content (AvgIpc) is 3.92. The zero-order valence-corrected chi connectivity index (χ0v) is 37.6. The van der Waals surface area contributed by atoms with E-state index < -0.39 is 36.1 Å². The molecule has 4 amide bonds. The highest BCUT2D eigenvalue weighted by molar-refractivity contribution is 6.22. The van der Waals surface area contributed by atoms with Gasteiger partial charge in [-0.05, 0) is 107 Å². The summed E-state index contributed by atoms with van der Waals surface area (Å²) in [7, 11) is 0. The van der Waals surface area contributed by atoms with Crippen molar-refractivity contribution in [1.29, 1.82) is 0 Å². The second-order valence-corrected chi connectivity index (χ2v) is 16.2. The van der Waals surface area contributed by atoms with Gasteiger partial charge >= 0.3 is 23.9 Å². The molecule has 21 nitrogen and oxygen atoms in total. The minimum absolute atomic E-state index is 0.0103. The highest BCUT2D eigenvalue weighted by Gasteiger charge is 2.41. The molecule has 7 heterocycles. The molecule has 0 aliphatic carbocycles. The largest absolute Gasteiger partial charge is 0.479 e. The first-order valence-electron chi connectivity index (χ1n) is 22.3. The van der Waals surface area contributed by atoms with Crippen molar-refractivity contribution in [3.05, 3.63) is 131 Å². The van der Waals surface area contributed by atoms with Crippen molar-refractivity contribution in [2.45, 2.75) is 68.9 Å². The normalized spacial score (nSPS) is 20.7. The standard InChI is InChI=1S/2C13H14N2O2.C8H4O3.C5H12N2.C5H6N2.C4H6O6/c2*16-12-10-5-1-2-6-11(10)13(17)15(12)9-4-3-7-14-8-9;9-7-5-3-1-2-4-6(5)8(10)11-7;2*6-5-2-1-3-7-4-5;5-1(3(7)8)2(6)4(9)10/h2*1-2,5-6,9,14H,3-4,7-8H2;1-4H;5,7H,1-4,6H2;1-4H,6H2;1-2,5-6H,(H,7,8)(H,9,10)/t9-;;;;;1-,2-/m1....0/s1. The number of nitrogens with zero attached hydrogens (tertiary/aromatic N) is 3. The van der Waals surface area contributed by atoms with E-state index in [9.17, 15) is 38.4 Å². The summed E-state index contributed by atoms with van der Waals surface area (Å²) in [5.74, 6) is -5.20. The number of pyridine rings is 1. The number of hydrogen-bond donors (Lipinski definition) is 9. The number of aliphatic carboxylic acids is 2. The molecule has 11 N–H and O–H groups in total. The van der Waals surface area contributed by atoms with Gasteiger partial charge in [-0.25, -0.2) is 19.2 Å². The van der Waals surface area contributed by atoms with Gasteiger partial charge in [-0.3, -0.25) is 34.0 Å². The molecule has 0 saturated carbocycles. The maximum absolute atomic E-state index is 12.2. The Morgan fingerprint density at radius 3 is 1.17 bits per heavy atom. The second-order valence-electron chi connectivity index (χ2n) is 16.2. The van der Waals surface area contributed by atoms with E-state index in [1.165, 1.54) is 22.6 Å². The predicted molar refractivity (Wildman–Crippen MR) is 248 cm³/mol. The summed E-state index contributed by atoms with van der Waals surface area (Å²) in [6.07, 6.45) is 5.05. The number of aromatic nitrogens is 1. The van der Waals surface area contributed by atoms with Gasteiger partial charge < -0.3 is 52.6 Å². The van der Waals surface area contributed by atoms with E-state index in [4.69, 9.17) is 31.9 Å². The average molecular weight is 953 g/mol. The number of carboxylic acid groups (broad SMARTS) is 2. The number of fused-ring (bicyclic) bond motifs is 3. The fourth-order valence-corrected chi connectivity index (χ4v) is 7.74. The Hall–Kier alpha value is -7.27. The smallest absolute Gasteiger partial charge is 0.346 e. The molecule has 5 atom stereocenters. The summed E-state index contributed by atoms with van der Waals surface area (Å²) >= 11 is 0. The van der Waals surface area contributed by atoms with E-state index in [0.717, 1.165) is 51.9 Å². The van der Waals surface area contributed by atoms with Crippen molar-refractivity contribution in [3.63, 3.8) is 0 Å². The summed E-state index contributed by atoms with van der Waals surface area (Å²) in [5, 5.41) is 42.2. The Morgan fingerprint density at radius 2 is 0.928 bits per heavy atom. The number of carbonyl (C=O) groups excluding carboxylic acids is 6. The lowest BCUT2D eigenvalue weighted by Crippen LogP contribution is -2.48. The number of benzene rings is 3. The maximum atomic E-state index is 12.2. The van der Waals surface area contributed by atoms with E-state index in [2.05, 4.69) is 25.7 Å². The van der Waals surface area contributed by atoms with Crippen LogP contribution >= 0.6 is 0 Å². The number of imide groups is 2. The second kappa shape index (κ2) is 25.7. The number of amides is 4. The Morgan fingerprint density at radius 1 is 0.565 bits per heavy atom. The molecule has 366 valence electrons. The number of ether oxygens (including phenoxy) is 1. The molecule has 4 aromatic rings. The van der Waals surface area contributed by atoms with Crippen LogP contribution in [0.2, 0.25) is 0 Å². The molecule has 0 spiro atoms. The van der Waals surface area contributed by atoms with Gasteiger partial charge in [0.25, 0.3) is 23.6 Å². The van der Waals surface area contributed by atoms with Crippen molar-refractivity contribution >= 4 is 53.2 Å². The molecular formula is C48H56N8O13. The molecule has 1 aromatic heterocycles. The number of piperidine rings is 3. The number of carbonyl (C=O) groups is 8. The molecule has 0 bridgehead atoms. The van der Waals surface area contributed by atoms with Gasteiger partial charge in [-0.2, -0.15) is 0 Å². The summed E-state index contributed by atoms with van der Waals surface area (Å²) in [5.41, 5.74) is 14.5. The minimum Gasteiger partial charge on any atom is -0.479 e. The molecule has 0 radical (unpaired) electrons. The van der Waals surface area contributed by atoms with Gasteiger partial charge in [0.1, 0.15) is 0 Å². The highest BCUT2D eigenvalue weighted by atomic mass is 16.6. The third-order valence-electron chi connectivity index (χ3n) is 11.3. The van der Waals surface area contributed by atoms with Crippen molar-refractivity contribution in [3.8, 4) is 0 Å². The number of rotatable bonds is 5. The summed E-state index contributed by atoms with van der Waals surface area (Å²) in [6, 6.07) is 24.7. The van der Waals surface area contributed by atoms with Crippen LogP contribution in [0.15, 0.2) is 97.3 Å². The highest BCUT2D eigenvalue weighted by Crippen LogP contribution is 2.28. The number of nitrogens with one attached hydrogen (secondary N) is 3. The van der Waals surface area contributed by atoms with E-state index in [0.29, 0.717) is 58.2 Å². The SMILES string of the molecule is NC1CCCNC1.Nc1cccnc1.O=C(O)[C@@H](O)[C@H](O)C(=O)O.O=C1OC(=O)c2ccccc21.O=C1c2ccccc2C(=O)N1C1CCCNC1.O=C1c2ccccc2C(=O)N1[C@@H]1CCCNC1. The zero-order valence-electron chi connectivity index (χ0n) is 37.6. The quantitative estimate of drug-likeness (QED) is 0.0773. The third kappa shape index (κ3) is 14.1. The Balaban J connectivity index is 0.000000160. The fourth-order valence-electron chi connectivity index (χ4n) is 7.74. The van der Waals surface area contributed by atoms with Crippen LogP contribution in [0.25, 0.3) is 0 Å². The molecule has 3 fully saturated rings. The number of nitrogen functional groups attached to an aromatic ring is 1. The van der Waals surface area contributed by atoms with Crippen LogP contribution in [0.5, 0.6) is 0 Å². The van der Waals surface area contributed by atoms with Crippen molar-refractivity contribution in [1.82, 2.24) is 30.7 Å². The number of anilines is 1. The number of hydrogen-bond acceptors (Lipinski definition) is 17. The predicted octanol–water partition coefficient (Wildman–Crippen LogP) is 1.30. The van der Waals surface area contributed by atoms with Gasteiger partial charge in [-0.15, -0.1) is 0 Å². The zero-order chi connectivity index (χ0) is 50.0. The van der Waals surface area contributed by atoms with Gasteiger partial charge in [0.05, 0.1) is 51.2 Å². The molecule has 10 rings (SSSR count). The molecular weight excluding hydrogens is 897 g/mol. The lowest BCUT2D eigenvalue weighted by molar-refractivity contribution is -0.165. The summed E-state index contributed by atoms with van der Waals surface area (Å²) in [6.45, 7) is 5.55. The van der Waals surface area contributed by atoms with Crippen molar-refractivity contribution in [2.75, 3.05) is 45.0 Å². The molecule has 2 unspecified atom stereocenters. The number of esters is 2. The Kier molecular flexibility index (Phi) is 19.7. The van der Waals surface area contributed by atoms with E-state index in [1.807, 2.05) is 0 Å². The third-order valence-corrected chi connectivity index (χ3v) is 11.3. The Bertz CT molecular complexity index is 2250. The molecule has 6 aliphatic heterocycles. The summed E-state index contributed by atoms with van der Waals surface area (Å²) in [4.78, 5) is 96.6. The number of aliphatic hydroxyl groups is 2. The molecule has 3 aromatic carbocycles. The van der Waals surface area contributed by atoms with Gasteiger partial charge in [0.2, 0.25) is 0 Å². The van der Waals surface area contributed by atoms with E-state index in [1.54, 1.807) is 97.3 Å². The number of nitrogens with two attached hydrogens (primary N) is 2. The van der Waals surface area contributed by atoms with Crippen molar-refractivity contribution < 1.29 is 63.5 Å². The topological polar surface area (TPSA) is 334 Å². The molecule has 3 saturated heterocycles. The van der Waals surface area contributed by atoms with Crippen LogP contribution in [0.3, 0.4) is 0 Å². The lowest BCUT2D eigenvalue weighted by atomic mass is 10.1. The van der Waals surface area contributed by atoms with Crippen LogP contribution < -0.4 is 27.4 Å². The van der Waals surface area contributed by atoms with Gasteiger partial charge in [0.15, 0.2) is 12.2 Å². The lowest BCUT2D eigenvalue weighted by Gasteiger charge is -2.29. The molecule has 69 heavy (non-hydrogen) atoms. The van der Waals surface area contributed by atoms with Crippen molar-refractivity contribution in [2.24, 2.45) is 5.73 Å². The van der Waals surface area contributed by atoms with Crippen LogP contribution in [0.1, 0.15) is 101 Å². The Labute approximate surface area is 396 Å². The van der Waals surface area contributed by atoms with Crippen LogP contribution in [0, 0.1) is 0 Å². The van der Waals surface area contributed by atoms with Crippen LogP contribution in [-0.2, 0) is 14.3 Å². The number of carboxylic acids is 2. The van der Waals surface area contributed by atoms with E-state index >= 15 is 0 Å². The first-order valence-corrected chi connectivity index (χ1v) is 22.3. The van der Waals surface area contributed by atoms with Crippen LogP contribution in [0.4, 0.5) is 5.69 Å². The fraction of sp³-hybridized carbons (Fsp3) is 0.354. The minimum atomic E-state index is -2.27. The van der Waals surface area contributed by atoms with E-state index in [-0.39, 0.29) is 35.7 Å². The number of aliphatic hydroxyl groups excluding tert-OH is 2. The summed E-state index contributed by atoms with van der Waals surface area (Å²) < 4.78 is 4.35. The van der Waals surface area contributed by atoms with Gasteiger partial charge in [-0.1, -0.05) is 36.4 Å². The number of cyclic esters (lactones) is 2. The van der Waals surface area contributed by atoms with Crippen LogP contribution in [-0.4, -0.2) is 152 Å². The first kappa shape index (κ1) is 52.7. The molecule has 21 heteroatoms. The first-order chi connectivity index (χ1) is 33.1. The maximum Gasteiger partial charge on any atom is 0.346 e. The monoisotopic (exact) mass is 952 g/mol. The molecule has 6 aliphatic rings. The van der Waals surface area contributed by atoms with Gasteiger partial charge in [0, 0.05) is 38.1 Å².